The molecule has 0 aromatic heterocycles. The summed E-state index contributed by atoms with van der Waals surface area (Å²) in [7, 11) is 0. The zero-order chi connectivity index (χ0) is 15.9. The van der Waals surface area contributed by atoms with Crippen LogP contribution in [0.25, 0.3) is 0 Å². The summed E-state index contributed by atoms with van der Waals surface area (Å²) in [4.78, 5) is 4.55. The fourth-order valence-corrected chi connectivity index (χ4v) is 2.47. The minimum Gasteiger partial charge on any atom is -0.396 e. The molecule has 0 bridgehead atoms. The van der Waals surface area contributed by atoms with Crippen LogP contribution in [0.2, 0.25) is 0 Å². The lowest BCUT2D eigenvalue weighted by Gasteiger charge is -2.33. The van der Waals surface area contributed by atoms with E-state index in [0.29, 0.717) is 6.04 Å². The van der Waals surface area contributed by atoms with Gasteiger partial charge in [-0.05, 0) is 32.6 Å². The van der Waals surface area contributed by atoms with Gasteiger partial charge in [-0.3, -0.25) is 4.90 Å². The second-order valence-corrected chi connectivity index (χ2v) is 5.49. The van der Waals surface area contributed by atoms with Crippen molar-refractivity contribution in [3.8, 4) is 0 Å². The van der Waals surface area contributed by atoms with Crippen molar-refractivity contribution < 1.29 is 20.4 Å². The summed E-state index contributed by atoms with van der Waals surface area (Å²) < 4.78 is 0. The van der Waals surface area contributed by atoms with E-state index in [9.17, 15) is 0 Å². The zero-order valence-corrected chi connectivity index (χ0v) is 13.5. The van der Waals surface area contributed by atoms with Gasteiger partial charge >= 0.3 is 0 Å². The van der Waals surface area contributed by atoms with E-state index in [1.54, 1.807) is 0 Å². The highest BCUT2D eigenvalue weighted by Crippen LogP contribution is 2.06. The van der Waals surface area contributed by atoms with Gasteiger partial charge in [-0.25, -0.2) is 0 Å². The molecule has 0 rings (SSSR count). The molecule has 0 spiro atoms. The number of hydrogen-bond donors (Lipinski definition) is 4. The Hall–Kier alpha value is -0.240. The molecule has 0 saturated heterocycles. The molecule has 0 aliphatic heterocycles. The third-order valence-corrected chi connectivity index (χ3v) is 3.62. The Morgan fingerprint density at radius 2 is 1.05 bits per heavy atom. The number of hydrogen-bond acceptors (Lipinski definition) is 6. The van der Waals surface area contributed by atoms with Gasteiger partial charge in [0, 0.05) is 65.2 Å². The Balaban J connectivity index is 4.36. The predicted molar refractivity (Wildman–Crippen MR) is 84.3 cm³/mol. The molecule has 1 atom stereocenters. The Morgan fingerprint density at radius 3 is 1.43 bits per heavy atom. The van der Waals surface area contributed by atoms with Crippen LogP contribution in [-0.4, -0.2) is 95.4 Å². The molecule has 0 fully saturated rings. The van der Waals surface area contributed by atoms with Crippen molar-refractivity contribution in [2.75, 3.05) is 59.2 Å². The minimum atomic E-state index is 0.182. The lowest BCUT2D eigenvalue weighted by molar-refractivity contribution is 0.119. The topological polar surface area (TPSA) is 87.4 Å². The largest absolute Gasteiger partial charge is 0.396 e. The van der Waals surface area contributed by atoms with Crippen LogP contribution in [0.5, 0.6) is 0 Å². The number of aliphatic hydroxyl groups excluding tert-OH is 4. The molecule has 0 aliphatic carbocycles. The molecular weight excluding hydrogens is 272 g/mol. The van der Waals surface area contributed by atoms with E-state index in [-0.39, 0.29) is 26.4 Å². The molecule has 0 amide bonds. The zero-order valence-electron chi connectivity index (χ0n) is 13.5. The van der Waals surface area contributed by atoms with Gasteiger partial charge in [0.2, 0.25) is 0 Å². The standard InChI is InChI=1S/C15H34N2O4/c1-15(17(8-4-12-20)9-5-13-21)14-16(6-2-10-18)7-3-11-19/h15,18-21H,2-14H2,1H3. The highest BCUT2D eigenvalue weighted by molar-refractivity contribution is 4.72. The van der Waals surface area contributed by atoms with Crippen molar-refractivity contribution in [2.24, 2.45) is 0 Å². The van der Waals surface area contributed by atoms with Gasteiger partial charge < -0.3 is 25.3 Å². The average molecular weight is 306 g/mol. The van der Waals surface area contributed by atoms with Crippen LogP contribution >= 0.6 is 0 Å². The van der Waals surface area contributed by atoms with Gasteiger partial charge in [-0.2, -0.15) is 0 Å². The van der Waals surface area contributed by atoms with Gasteiger partial charge in [0.15, 0.2) is 0 Å². The molecule has 0 aromatic carbocycles. The molecule has 6 nitrogen and oxygen atoms in total. The maximum atomic E-state index is 8.99. The number of rotatable bonds is 15. The normalized spacial score (nSPS) is 13.3. The van der Waals surface area contributed by atoms with Crippen LogP contribution in [0.15, 0.2) is 0 Å². The molecule has 0 heterocycles. The van der Waals surface area contributed by atoms with E-state index in [1.165, 1.54) is 0 Å². The van der Waals surface area contributed by atoms with Crippen LogP contribution in [0, 0.1) is 0 Å². The van der Waals surface area contributed by atoms with Crippen LogP contribution in [-0.2, 0) is 0 Å². The van der Waals surface area contributed by atoms with Crippen molar-refractivity contribution >= 4 is 0 Å². The maximum Gasteiger partial charge on any atom is 0.0443 e. The Bertz CT molecular complexity index is 204. The molecule has 4 N–H and O–H groups in total. The Labute approximate surface area is 129 Å². The van der Waals surface area contributed by atoms with Crippen molar-refractivity contribution in [2.45, 2.75) is 38.6 Å². The SMILES string of the molecule is CC(CN(CCCO)CCCO)N(CCCO)CCCO. The predicted octanol–water partition coefficient (Wildman–Crippen LogP) is -0.491. The van der Waals surface area contributed by atoms with Crippen LogP contribution < -0.4 is 0 Å². The van der Waals surface area contributed by atoms with Gasteiger partial charge in [-0.15, -0.1) is 0 Å². The van der Waals surface area contributed by atoms with Crippen molar-refractivity contribution in [1.82, 2.24) is 9.80 Å². The summed E-state index contributed by atoms with van der Waals surface area (Å²) >= 11 is 0. The first-order valence-corrected chi connectivity index (χ1v) is 8.09. The first kappa shape index (κ1) is 20.8. The van der Waals surface area contributed by atoms with Gasteiger partial charge in [-0.1, -0.05) is 0 Å². The van der Waals surface area contributed by atoms with Crippen molar-refractivity contribution in [1.29, 1.82) is 0 Å². The fraction of sp³-hybridized carbons (Fsp3) is 1.00. The minimum absolute atomic E-state index is 0.182. The van der Waals surface area contributed by atoms with Crippen molar-refractivity contribution in [3.63, 3.8) is 0 Å². The van der Waals surface area contributed by atoms with Gasteiger partial charge in [0.25, 0.3) is 0 Å². The molecular formula is C15H34N2O4. The third kappa shape index (κ3) is 11.0. The van der Waals surface area contributed by atoms with Gasteiger partial charge in [0.05, 0.1) is 0 Å². The second-order valence-electron chi connectivity index (χ2n) is 5.49. The molecule has 0 aliphatic rings. The maximum absolute atomic E-state index is 8.99. The summed E-state index contributed by atoms with van der Waals surface area (Å²) in [5, 5.41) is 35.9. The summed E-state index contributed by atoms with van der Waals surface area (Å²) in [6.45, 7) is 7.06. The van der Waals surface area contributed by atoms with E-state index in [0.717, 1.165) is 58.4 Å². The fourth-order valence-electron chi connectivity index (χ4n) is 2.47. The van der Waals surface area contributed by atoms with Crippen LogP contribution in [0.4, 0.5) is 0 Å². The lowest BCUT2D eigenvalue weighted by atomic mass is 10.2. The molecule has 0 saturated carbocycles. The monoisotopic (exact) mass is 306 g/mol. The van der Waals surface area contributed by atoms with E-state index < -0.39 is 0 Å². The molecule has 21 heavy (non-hydrogen) atoms. The highest BCUT2D eigenvalue weighted by Gasteiger charge is 2.16. The summed E-state index contributed by atoms with van der Waals surface area (Å²) in [5.41, 5.74) is 0. The quantitative estimate of drug-likeness (QED) is 0.327. The molecule has 0 radical (unpaired) electrons. The lowest BCUT2D eigenvalue weighted by Crippen LogP contribution is -2.44. The van der Waals surface area contributed by atoms with Crippen LogP contribution in [0.1, 0.15) is 32.6 Å². The number of aliphatic hydroxyl groups is 4. The van der Waals surface area contributed by atoms with E-state index >= 15 is 0 Å². The molecule has 1 unspecified atom stereocenters. The summed E-state index contributed by atoms with van der Waals surface area (Å²) in [5.74, 6) is 0. The van der Waals surface area contributed by atoms with Crippen LogP contribution in [0.3, 0.4) is 0 Å². The molecule has 0 aromatic rings. The van der Waals surface area contributed by atoms with Crippen molar-refractivity contribution in [3.05, 3.63) is 0 Å². The highest BCUT2D eigenvalue weighted by atomic mass is 16.3. The Kier molecular flexibility index (Phi) is 14.5. The first-order chi connectivity index (χ1) is 10.2. The third-order valence-electron chi connectivity index (χ3n) is 3.62. The van der Waals surface area contributed by atoms with E-state index in [4.69, 9.17) is 20.4 Å². The van der Waals surface area contributed by atoms with Gasteiger partial charge in [0.1, 0.15) is 0 Å². The summed E-state index contributed by atoms with van der Waals surface area (Å²) in [6.07, 6.45) is 2.96. The average Bonchev–Trinajstić information content (AvgIpc) is 2.49. The van der Waals surface area contributed by atoms with E-state index in [1.807, 2.05) is 0 Å². The smallest absolute Gasteiger partial charge is 0.0443 e. The second kappa shape index (κ2) is 14.7. The first-order valence-electron chi connectivity index (χ1n) is 8.09. The molecule has 6 heteroatoms. The molecule has 128 valence electrons. The van der Waals surface area contributed by atoms with E-state index in [2.05, 4.69) is 16.7 Å². The summed E-state index contributed by atoms with van der Waals surface area (Å²) in [6, 6.07) is 0.320. The number of nitrogens with zero attached hydrogens (tertiary/aromatic N) is 2. The Morgan fingerprint density at radius 1 is 0.667 bits per heavy atom.